The van der Waals surface area contributed by atoms with Gasteiger partial charge in [0.1, 0.15) is 12.1 Å². The molecule has 1 aromatic carbocycles. The molecule has 4 rings (SSSR count). The van der Waals surface area contributed by atoms with Gasteiger partial charge < -0.3 is 15.4 Å². The van der Waals surface area contributed by atoms with Crippen LogP contribution in [-0.4, -0.2) is 38.5 Å². The molecular weight excluding hydrogens is 432 g/mol. The molecule has 10 heteroatoms. The summed E-state index contributed by atoms with van der Waals surface area (Å²) in [5.74, 6) is -0.381. The fourth-order valence-corrected chi connectivity index (χ4v) is 3.08. The number of methoxy groups -OCH3 is 1. The van der Waals surface area contributed by atoms with Crippen molar-refractivity contribution in [2.75, 3.05) is 17.7 Å². The van der Waals surface area contributed by atoms with Crippen molar-refractivity contribution < 1.29 is 22.6 Å². The zero-order valence-corrected chi connectivity index (χ0v) is 17.9. The Morgan fingerprint density at radius 3 is 2.81 bits per heavy atom. The number of ether oxygens (including phenoxy) is 1. The third-order valence-corrected chi connectivity index (χ3v) is 4.79. The monoisotopic (exact) mass is 462 g/mol. The van der Waals surface area contributed by atoms with Crippen LogP contribution in [0.3, 0.4) is 0 Å². The van der Waals surface area contributed by atoms with E-state index in [1.165, 1.54) is 19.4 Å². The van der Waals surface area contributed by atoms with Crippen LogP contribution in [0.25, 0.3) is 11.4 Å². The summed E-state index contributed by atoms with van der Waals surface area (Å²) in [5, 5.41) is 9.80. The van der Waals surface area contributed by atoms with Crippen LogP contribution in [0.5, 0.6) is 5.75 Å². The van der Waals surface area contributed by atoms with Gasteiger partial charge in [0.15, 0.2) is 17.4 Å². The maximum atomic E-state index is 12.8. The molecule has 2 heterocycles. The molecule has 0 spiro atoms. The Labute approximate surface area is 200 Å². The van der Waals surface area contributed by atoms with Crippen molar-refractivity contribution in [3.05, 3.63) is 42.4 Å². The van der Waals surface area contributed by atoms with Crippen LogP contribution in [0, 0.1) is 5.92 Å². The van der Waals surface area contributed by atoms with Gasteiger partial charge in [-0.2, -0.15) is 5.10 Å². The second-order valence-electron chi connectivity index (χ2n) is 7.00. The average Bonchev–Trinajstić information content (AvgIpc) is 3.53. The number of nitrogens with zero attached hydrogens (tertiary/aromatic N) is 4. The SMILES string of the molecule is Cl.[2H]C([2H])([2H])CC(=O)c1cnc(NC(=O)C2CC2)cc1Nc1cccc(-c2ncn(C([2H])([2H])[2H])n2)c1OC. The van der Waals surface area contributed by atoms with Crippen molar-refractivity contribution in [3.63, 3.8) is 0 Å². The van der Waals surface area contributed by atoms with Gasteiger partial charge in [-0.25, -0.2) is 9.97 Å². The van der Waals surface area contributed by atoms with E-state index in [-0.39, 0.29) is 52.9 Å². The lowest BCUT2D eigenvalue weighted by atomic mass is 10.1. The molecule has 168 valence electrons. The summed E-state index contributed by atoms with van der Waals surface area (Å²) in [7, 11) is 1.40. The normalized spacial score (nSPS) is 16.2. The highest BCUT2D eigenvalue weighted by molar-refractivity contribution is 6.03. The number of Topliss-reactive ketones (excluding diaryl/α,β-unsaturated/α-hetero) is 1. The lowest BCUT2D eigenvalue weighted by Crippen LogP contribution is -2.15. The van der Waals surface area contributed by atoms with E-state index >= 15 is 0 Å². The minimum Gasteiger partial charge on any atom is -0.494 e. The predicted molar refractivity (Wildman–Crippen MR) is 124 cm³/mol. The van der Waals surface area contributed by atoms with Gasteiger partial charge in [0.25, 0.3) is 0 Å². The number of rotatable bonds is 8. The topological polar surface area (TPSA) is 111 Å². The average molecular weight is 463 g/mol. The predicted octanol–water partition coefficient (Wildman–Crippen LogP) is 3.99. The highest BCUT2D eigenvalue weighted by Gasteiger charge is 2.30. The van der Waals surface area contributed by atoms with E-state index in [0.29, 0.717) is 11.3 Å². The van der Waals surface area contributed by atoms with Gasteiger partial charge in [-0.05, 0) is 25.0 Å². The van der Waals surface area contributed by atoms with Crippen molar-refractivity contribution in [3.8, 4) is 17.1 Å². The minimum absolute atomic E-state index is 0. The first kappa shape index (κ1) is 16.2. The Balaban J connectivity index is 0.00000400. The van der Waals surface area contributed by atoms with E-state index in [1.807, 2.05) is 0 Å². The standard InChI is InChI=1S/C22H24N6O3.ClH/c1-4-18(29)15-11-23-19(26-22(30)13-8-9-13)10-17(15)25-16-7-5-6-14(20(16)31-3)21-24-12-28(2)27-21;/h5-7,10-13H,4,8-9H2,1-3H3,(H2,23,25,26,30);1H/i1D3,2D3;. The highest BCUT2D eigenvalue weighted by Crippen LogP contribution is 2.37. The van der Waals surface area contributed by atoms with Crippen molar-refractivity contribution in [2.45, 2.75) is 26.1 Å². The highest BCUT2D eigenvalue weighted by atomic mass is 35.5. The number of ketones is 1. The van der Waals surface area contributed by atoms with Gasteiger partial charge in [-0.1, -0.05) is 12.9 Å². The zero-order valence-electron chi connectivity index (χ0n) is 23.1. The number of halogens is 1. The summed E-state index contributed by atoms with van der Waals surface area (Å²) in [6.07, 6.45) is 3.19. The molecule has 0 saturated heterocycles. The number of amides is 1. The second kappa shape index (κ2) is 9.78. The fraction of sp³-hybridized carbons (Fsp3) is 0.318. The Morgan fingerprint density at radius 1 is 1.28 bits per heavy atom. The first-order chi connectivity index (χ1) is 17.4. The van der Waals surface area contributed by atoms with E-state index in [9.17, 15) is 9.59 Å². The molecule has 1 aliphatic rings. The number of benzene rings is 1. The van der Waals surface area contributed by atoms with Crippen molar-refractivity contribution in [1.29, 1.82) is 0 Å². The summed E-state index contributed by atoms with van der Waals surface area (Å²) in [5.41, 5.74) is 0.950. The van der Waals surface area contributed by atoms with E-state index in [1.54, 1.807) is 18.2 Å². The lowest BCUT2D eigenvalue weighted by molar-refractivity contribution is -0.117. The van der Waals surface area contributed by atoms with Crippen LogP contribution < -0.4 is 15.4 Å². The van der Waals surface area contributed by atoms with Crippen LogP contribution in [0.2, 0.25) is 0 Å². The molecule has 0 radical (unpaired) electrons. The Hall–Kier alpha value is -3.46. The van der Waals surface area contributed by atoms with Crippen molar-refractivity contribution in [1.82, 2.24) is 19.7 Å². The van der Waals surface area contributed by atoms with Crippen molar-refractivity contribution in [2.24, 2.45) is 12.9 Å². The van der Waals surface area contributed by atoms with Gasteiger partial charge >= 0.3 is 0 Å². The molecule has 1 aliphatic carbocycles. The molecule has 1 fully saturated rings. The molecule has 2 N–H and O–H groups in total. The maximum Gasteiger partial charge on any atom is 0.228 e. The molecule has 1 amide bonds. The Bertz CT molecular complexity index is 1340. The zero-order chi connectivity index (χ0) is 27.0. The molecule has 0 aliphatic heterocycles. The third kappa shape index (κ3) is 4.88. The van der Waals surface area contributed by atoms with Crippen LogP contribution in [0.15, 0.2) is 36.8 Å². The molecule has 0 unspecified atom stereocenters. The van der Waals surface area contributed by atoms with E-state index < -0.39 is 26.0 Å². The van der Waals surface area contributed by atoms with E-state index in [4.69, 9.17) is 13.0 Å². The third-order valence-electron chi connectivity index (χ3n) is 4.79. The van der Waals surface area contributed by atoms with Gasteiger partial charge in [-0.3, -0.25) is 14.3 Å². The quantitative estimate of drug-likeness (QED) is 0.487. The first-order valence-electron chi connectivity index (χ1n) is 12.6. The molecule has 32 heavy (non-hydrogen) atoms. The fourth-order valence-electron chi connectivity index (χ4n) is 3.08. The van der Waals surface area contributed by atoms with Gasteiger partial charge in [0.2, 0.25) is 5.91 Å². The molecule has 9 nitrogen and oxygen atoms in total. The number of para-hydroxylation sites is 1. The number of hydrogen-bond acceptors (Lipinski definition) is 7. The van der Waals surface area contributed by atoms with Crippen LogP contribution in [0.1, 0.15) is 44.7 Å². The largest absolute Gasteiger partial charge is 0.494 e. The summed E-state index contributed by atoms with van der Waals surface area (Å²) >= 11 is 0. The lowest BCUT2D eigenvalue weighted by Gasteiger charge is -2.16. The van der Waals surface area contributed by atoms with Gasteiger partial charge in [-0.15, -0.1) is 12.4 Å². The molecule has 1 saturated carbocycles. The van der Waals surface area contributed by atoms with Crippen LogP contribution in [-0.2, 0) is 11.8 Å². The van der Waals surface area contributed by atoms with E-state index in [0.717, 1.165) is 23.9 Å². The number of anilines is 3. The molecular formula is C22H25ClN6O3. The second-order valence-corrected chi connectivity index (χ2v) is 7.00. The molecule has 0 bridgehead atoms. The minimum atomic E-state index is -2.51. The van der Waals surface area contributed by atoms with Crippen LogP contribution >= 0.6 is 12.4 Å². The smallest absolute Gasteiger partial charge is 0.228 e. The summed E-state index contributed by atoms with van der Waals surface area (Å²) in [4.78, 5) is 33.3. The summed E-state index contributed by atoms with van der Waals surface area (Å²) in [6, 6.07) is 6.37. The Morgan fingerprint density at radius 2 is 2.12 bits per heavy atom. The summed E-state index contributed by atoms with van der Waals surface area (Å²) < 4.78 is 51.2. The van der Waals surface area contributed by atoms with Crippen LogP contribution in [0.4, 0.5) is 17.2 Å². The number of pyridine rings is 1. The van der Waals surface area contributed by atoms with Gasteiger partial charge in [0.05, 0.1) is 29.6 Å². The number of nitrogens with one attached hydrogen (secondary N) is 2. The number of carbonyl (C=O) groups is 2. The molecule has 0 atom stereocenters. The molecule has 3 aromatic rings. The van der Waals surface area contributed by atoms with Crippen molar-refractivity contribution >= 4 is 41.3 Å². The Kier molecular flexibility index (Phi) is 4.95. The number of aromatic nitrogens is 4. The number of carbonyl (C=O) groups excluding carboxylic acids is 2. The van der Waals surface area contributed by atoms with Gasteiger partial charge in [0, 0.05) is 39.8 Å². The molecule has 2 aromatic heterocycles. The number of aryl methyl sites for hydroxylation is 1. The van der Waals surface area contributed by atoms with E-state index in [2.05, 4.69) is 25.7 Å². The maximum absolute atomic E-state index is 12.8. The first-order valence-corrected chi connectivity index (χ1v) is 9.56. The summed E-state index contributed by atoms with van der Waals surface area (Å²) in [6.45, 7) is -5.00. The number of hydrogen-bond donors (Lipinski definition) is 2.